The largest absolute Gasteiger partial charge is 0.496 e. The van der Waals surface area contributed by atoms with Crippen molar-refractivity contribution in [3.05, 3.63) is 58.3 Å². The molecule has 2 rings (SSSR count). The zero-order valence-electron chi connectivity index (χ0n) is 10.4. The molecule has 0 spiro atoms. The molecule has 1 aromatic carbocycles. The van der Waals surface area contributed by atoms with E-state index in [1.54, 1.807) is 25.3 Å². The monoisotopic (exact) mass is 320 g/mol. The molecule has 0 radical (unpaired) electrons. The molecule has 1 heterocycles. The molecule has 98 valence electrons. The van der Waals surface area contributed by atoms with Crippen molar-refractivity contribution in [2.45, 2.75) is 6.54 Å². The van der Waals surface area contributed by atoms with Crippen molar-refractivity contribution in [1.29, 1.82) is 0 Å². The fraction of sp³-hybridized carbons (Fsp3) is 0.143. The molecule has 0 aliphatic rings. The second-order valence-corrected chi connectivity index (χ2v) is 4.65. The van der Waals surface area contributed by atoms with Crippen LogP contribution in [0.1, 0.15) is 16.1 Å². The van der Waals surface area contributed by atoms with Crippen molar-refractivity contribution in [1.82, 2.24) is 10.3 Å². The lowest BCUT2D eigenvalue weighted by molar-refractivity contribution is 0.0945. The van der Waals surface area contributed by atoms with Gasteiger partial charge in [-0.25, -0.2) is 4.98 Å². The summed E-state index contributed by atoms with van der Waals surface area (Å²) in [6.45, 7) is 0.400. The van der Waals surface area contributed by atoms with E-state index in [-0.39, 0.29) is 5.91 Å². The Morgan fingerprint density at radius 1 is 1.26 bits per heavy atom. The van der Waals surface area contributed by atoms with E-state index in [2.05, 4.69) is 26.2 Å². The number of benzene rings is 1. The van der Waals surface area contributed by atoms with Gasteiger partial charge in [-0.15, -0.1) is 0 Å². The highest BCUT2D eigenvalue weighted by molar-refractivity contribution is 9.10. The van der Waals surface area contributed by atoms with Gasteiger partial charge in [0.1, 0.15) is 16.0 Å². The number of halogens is 1. The number of hydrogen-bond donors (Lipinski definition) is 1. The number of aromatic nitrogens is 1. The summed E-state index contributed by atoms with van der Waals surface area (Å²) in [5, 5.41) is 2.81. The summed E-state index contributed by atoms with van der Waals surface area (Å²) in [5.41, 5.74) is 1.30. The minimum Gasteiger partial charge on any atom is -0.496 e. The lowest BCUT2D eigenvalue weighted by Crippen LogP contribution is -2.24. The number of amides is 1. The second-order valence-electron chi connectivity index (χ2n) is 3.84. The summed E-state index contributed by atoms with van der Waals surface area (Å²) in [5.74, 6) is 0.539. The summed E-state index contributed by atoms with van der Waals surface area (Å²) in [7, 11) is 1.61. The number of carbonyl (C=O) groups excluding carboxylic acids is 1. The minimum absolute atomic E-state index is 0.216. The van der Waals surface area contributed by atoms with Crippen LogP contribution in [-0.4, -0.2) is 18.0 Å². The van der Waals surface area contributed by atoms with Crippen molar-refractivity contribution in [3.8, 4) is 5.75 Å². The summed E-state index contributed by atoms with van der Waals surface area (Å²) in [4.78, 5) is 16.0. The predicted molar refractivity (Wildman–Crippen MR) is 76.1 cm³/mol. The van der Waals surface area contributed by atoms with Gasteiger partial charge in [-0.05, 0) is 34.1 Å². The third-order valence-corrected chi connectivity index (χ3v) is 3.02. The smallest absolute Gasteiger partial charge is 0.270 e. The van der Waals surface area contributed by atoms with Crippen LogP contribution in [0, 0.1) is 0 Å². The van der Waals surface area contributed by atoms with Crippen LogP contribution in [0.2, 0.25) is 0 Å². The molecule has 0 bridgehead atoms. The first-order valence-corrected chi connectivity index (χ1v) is 6.52. The first kappa shape index (κ1) is 13.5. The van der Waals surface area contributed by atoms with Crippen molar-refractivity contribution < 1.29 is 9.53 Å². The van der Waals surface area contributed by atoms with Crippen LogP contribution in [0.5, 0.6) is 5.75 Å². The molecule has 0 unspecified atom stereocenters. The van der Waals surface area contributed by atoms with Gasteiger partial charge in [-0.1, -0.05) is 24.3 Å². The number of methoxy groups -OCH3 is 1. The van der Waals surface area contributed by atoms with Gasteiger partial charge in [-0.2, -0.15) is 0 Å². The average molecular weight is 321 g/mol. The van der Waals surface area contributed by atoms with E-state index in [0.29, 0.717) is 16.8 Å². The van der Waals surface area contributed by atoms with Gasteiger partial charge in [0.05, 0.1) is 7.11 Å². The SMILES string of the molecule is COc1ccccc1CNC(=O)c1cccc(Br)n1. The van der Waals surface area contributed by atoms with Gasteiger partial charge in [0.2, 0.25) is 0 Å². The van der Waals surface area contributed by atoms with Crippen LogP contribution in [0.3, 0.4) is 0 Å². The first-order valence-electron chi connectivity index (χ1n) is 5.73. The average Bonchev–Trinajstić information content (AvgIpc) is 2.45. The molecular formula is C14H13BrN2O2. The lowest BCUT2D eigenvalue weighted by Gasteiger charge is -2.09. The number of rotatable bonds is 4. The normalized spacial score (nSPS) is 10.0. The zero-order chi connectivity index (χ0) is 13.7. The molecule has 4 nitrogen and oxygen atoms in total. The molecule has 1 aromatic heterocycles. The number of hydrogen-bond acceptors (Lipinski definition) is 3. The van der Waals surface area contributed by atoms with Crippen LogP contribution in [0.15, 0.2) is 47.1 Å². The summed E-state index contributed by atoms with van der Waals surface area (Å²) < 4.78 is 5.86. The minimum atomic E-state index is -0.216. The molecule has 0 aliphatic carbocycles. The van der Waals surface area contributed by atoms with E-state index >= 15 is 0 Å². The van der Waals surface area contributed by atoms with Gasteiger partial charge >= 0.3 is 0 Å². The molecule has 2 aromatic rings. The molecule has 1 N–H and O–H groups in total. The maximum atomic E-state index is 11.9. The van der Waals surface area contributed by atoms with Crippen molar-refractivity contribution in [2.24, 2.45) is 0 Å². The Morgan fingerprint density at radius 2 is 2.05 bits per heavy atom. The molecule has 0 fully saturated rings. The van der Waals surface area contributed by atoms with Crippen LogP contribution in [0.4, 0.5) is 0 Å². The number of nitrogens with zero attached hydrogens (tertiary/aromatic N) is 1. The van der Waals surface area contributed by atoms with Gasteiger partial charge in [0, 0.05) is 12.1 Å². The van der Waals surface area contributed by atoms with Crippen molar-refractivity contribution in [2.75, 3.05) is 7.11 Å². The highest BCUT2D eigenvalue weighted by atomic mass is 79.9. The first-order chi connectivity index (χ1) is 9.20. The van der Waals surface area contributed by atoms with Crippen LogP contribution in [-0.2, 0) is 6.54 Å². The Hall–Kier alpha value is -1.88. The van der Waals surface area contributed by atoms with Crippen LogP contribution < -0.4 is 10.1 Å². The van der Waals surface area contributed by atoms with Gasteiger partial charge in [0.15, 0.2) is 0 Å². The molecule has 0 saturated heterocycles. The van der Waals surface area contributed by atoms with E-state index in [4.69, 9.17) is 4.74 Å². The summed E-state index contributed by atoms with van der Waals surface area (Å²) >= 11 is 3.24. The number of carbonyl (C=O) groups is 1. The molecule has 0 atom stereocenters. The van der Waals surface area contributed by atoms with E-state index in [0.717, 1.165) is 11.3 Å². The third-order valence-electron chi connectivity index (χ3n) is 2.58. The van der Waals surface area contributed by atoms with Crippen molar-refractivity contribution >= 4 is 21.8 Å². The van der Waals surface area contributed by atoms with E-state index in [1.807, 2.05) is 24.3 Å². The van der Waals surface area contributed by atoms with Gasteiger partial charge in [0.25, 0.3) is 5.91 Å². The maximum absolute atomic E-state index is 11.9. The van der Waals surface area contributed by atoms with Crippen LogP contribution >= 0.6 is 15.9 Å². The Bertz CT molecular complexity index is 587. The molecule has 1 amide bonds. The molecule has 0 saturated carbocycles. The molecular weight excluding hydrogens is 308 g/mol. The zero-order valence-corrected chi connectivity index (χ0v) is 12.0. The lowest BCUT2D eigenvalue weighted by atomic mass is 10.2. The predicted octanol–water partition coefficient (Wildman–Crippen LogP) is 2.78. The quantitative estimate of drug-likeness (QED) is 0.881. The van der Waals surface area contributed by atoms with E-state index < -0.39 is 0 Å². The Labute approximate surface area is 119 Å². The number of nitrogens with one attached hydrogen (secondary N) is 1. The second kappa shape index (κ2) is 6.33. The van der Waals surface area contributed by atoms with E-state index in [1.165, 1.54) is 0 Å². The Balaban J connectivity index is 2.04. The topological polar surface area (TPSA) is 51.2 Å². The summed E-state index contributed by atoms with van der Waals surface area (Å²) in [6, 6.07) is 12.8. The third kappa shape index (κ3) is 3.54. The number of pyridine rings is 1. The Kier molecular flexibility index (Phi) is 4.52. The van der Waals surface area contributed by atoms with Crippen molar-refractivity contribution in [3.63, 3.8) is 0 Å². The molecule has 0 aliphatic heterocycles. The fourth-order valence-electron chi connectivity index (χ4n) is 1.65. The maximum Gasteiger partial charge on any atom is 0.270 e. The Morgan fingerprint density at radius 3 is 2.79 bits per heavy atom. The fourth-order valence-corrected chi connectivity index (χ4v) is 1.99. The standard InChI is InChI=1S/C14H13BrN2O2/c1-19-12-7-3-2-5-10(12)9-16-14(18)11-6-4-8-13(15)17-11/h2-8H,9H2,1H3,(H,16,18). The van der Waals surface area contributed by atoms with Gasteiger partial charge < -0.3 is 10.1 Å². The van der Waals surface area contributed by atoms with E-state index in [9.17, 15) is 4.79 Å². The molecule has 5 heteroatoms. The van der Waals surface area contributed by atoms with Gasteiger partial charge in [-0.3, -0.25) is 4.79 Å². The highest BCUT2D eigenvalue weighted by Gasteiger charge is 2.08. The number of para-hydroxylation sites is 1. The highest BCUT2D eigenvalue weighted by Crippen LogP contribution is 2.16. The summed E-state index contributed by atoms with van der Waals surface area (Å²) in [6.07, 6.45) is 0. The number of ether oxygens (including phenoxy) is 1. The van der Waals surface area contributed by atoms with Crippen LogP contribution in [0.25, 0.3) is 0 Å². The molecule has 19 heavy (non-hydrogen) atoms.